The van der Waals surface area contributed by atoms with Crippen molar-refractivity contribution in [2.24, 2.45) is 5.92 Å². The minimum Gasteiger partial charge on any atom is -0.494 e. The number of rotatable bonds is 6. The van der Waals surface area contributed by atoms with Crippen LogP contribution in [0, 0.1) is 12.8 Å². The van der Waals surface area contributed by atoms with Crippen LogP contribution in [0.15, 0.2) is 41.3 Å². The second-order valence-corrected chi connectivity index (χ2v) is 7.90. The summed E-state index contributed by atoms with van der Waals surface area (Å²) >= 11 is 0. The number of aryl methyl sites for hydroxylation is 1. The fraction of sp³-hybridized carbons (Fsp3) is 0.391. The molecule has 8 heteroatoms. The number of anilines is 3. The van der Waals surface area contributed by atoms with Crippen LogP contribution in [-0.2, 0) is 0 Å². The van der Waals surface area contributed by atoms with Crippen LogP contribution < -0.4 is 20.5 Å². The van der Waals surface area contributed by atoms with E-state index in [9.17, 15) is 4.79 Å². The number of aromatic nitrogens is 4. The Kier molecular flexibility index (Phi) is 6.16. The molecule has 1 aliphatic heterocycles. The van der Waals surface area contributed by atoms with Crippen molar-refractivity contribution in [1.29, 1.82) is 0 Å². The summed E-state index contributed by atoms with van der Waals surface area (Å²) in [4.78, 5) is 31.1. The van der Waals surface area contributed by atoms with Crippen molar-refractivity contribution in [2.45, 2.75) is 33.6 Å². The second-order valence-electron chi connectivity index (χ2n) is 7.90. The quantitative estimate of drug-likeness (QED) is 0.624. The van der Waals surface area contributed by atoms with Gasteiger partial charge in [-0.15, -0.1) is 0 Å². The lowest BCUT2D eigenvalue weighted by atomic mass is 10.00. The zero-order chi connectivity index (χ0) is 21.8. The summed E-state index contributed by atoms with van der Waals surface area (Å²) in [6, 6.07) is 8.95. The van der Waals surface area contributed by atoms with Gasteiger partial charge in [-0.25, -0.2) is 15.0 Å². The molecule has 0 bridgehead atoms. The molecular formula is C23H28N6O2. The first-order valence-corrected chi connectivity index (χ1v) is 10.7. The highest BCUT2D eigenvalue weighted by Gasteiger charge is 2.19. The Morgan fingerprint density at radius 3 is 2.61 bits per heavy atom. The molecule has 3 aromatic rings. The Morgan fingerprint density at radius 2 is 1.94 bits per heavy atom. The average Bonchev–Trinajstić information content (AvgIpc) is 2.75. The van der Waals surface area contributed by atoms with Gasteiger partial charge in [-0.1, -0.05) is 6.92 Å². The van der Waals surface area contributed by atoms with Crippen molar-refractivity contribution < 1.29 is 4.74 Å². The highest BCUT2D eigenvalue weighted by Crippen LogP contribution is 2.25. The lowest BCUT2D eigenvalue weighted by Crippen LogP contribution is -2.34. The summed E-state index contributed by atoms with van der Waals surface area (Å²) in [5.74, 6) is 2.64. The second kappa shape index (κ2) is 9.16. The van der Waals surface area contributed by atoms with Gasteiger partial charge < -0.3 is 15.0 Å². The van der Waals surface area contributed by atoms with Crippen LogP contribution in [0.3, 0.4) is 0 Å². The van der Waals surface area contributed by atoms with Crippen LogP contribution in [0.2, 0.25) is 0 Å². The number of H-pyrrole nitrogens is 1. The maximum Gasteiger partial charge on any atom is 0.252 e. The van der Waals surface area contributed by atoms with Gasteiger partial charge >= 0.3 is 0 Å². The number of nitrogens with one attached hydrogen (secondary N) is 2. The Labute approximate surface area is 181 Å². The zero-order valence-electron chi connectivity index (χ0n) is 18.2. The molecule has 2 N–H and O–H groups in total. The van der Waals surface area contributed by atoms with Crippen LogP contribution in [0.25, 0.3) is 11.3 Å². The smallest absolute Gasteiger partial charge is 0.252 e. The number of piperidine rings is 1. The Balaban J connectivity index is 1.55. The first kappa shape index (κ1) is 20.8. The molecule has 0 atom stereocenters. The molecule has 8 nitrogen and oxygen atoms in total. The fourth-order valence-electron chi connectivity index (χ4n) is 3.66. The summed E-state index contributed by atoms with van der Waals surface area (Å²) in [6.07, 6.45) is 4.07. The molecule has 0 aliphatic carbocycles. The molecule has 0 saturated carbocycles. The van der Waals surface area contributed by atoms with Crippen molar-refractivity contribution in [3.8, 4) is 17.0 Å². The van der Waals surface area contributed by atoms with Crippen molar-refractivity contribution in [1.82, 2.24) is 19.9 Å². The number of hydrogen-bond acceptors (Lipinski definition) is 7. The van der Waals surface area contributed by atoms with E-state index in [2.05, 4.69) is 32.1 Å². The molecule has 1 saturated heterocycles. The minimum atomic E-state index is -0.244. The molecule has 2 aromatic heterocycles. The van der Waals surface area contributed by atoms with Crippen molar-refractivity contribution >= 4 is 17.6 Å². The van der Waals surface area contributed by atoms with Gasteiger partial charge in [0, 0.05) is 36.6 Å². The molecule has 1 fully saturated rings. The molecule has 0 spiro atoms. The van der Waals surface area contributed by atoms with E-state index in [-0.39, 0.29) is 5.56 Å². The third-order valence-electron chi connectivity index (χ3n) is 5.48. The highest BCUT2D eigenvalue weighted by atomic mass is 16.5. The van der Waals surface area contributed by atoms with Gasteiger partial charge in [0.2, 0.25) is 11.9 Å². The van der Waals surface area contributed by atoms with Crippen LogP contribution in [0.4, 0.5) is 17.6 Å². The van der Waals surface area contributed by atoms with Crippen LogP contribution in [-0.4, -0.2) is 39.6 Å². The summed E-state index contributed by atoms with van der Waals surface area (Å²) in [5, 5.41) is 3.14. The zero-order valence-corrected chi connectivity index (χ0v) is 18.2. The summed E-state index contributed by atoms with van der Waals surface area (Å²) in [6.45, 7) is 8.71. The monoisotopic (exact) mass is 420 g/mol. The van der Waals surface area contributed by atoms with Crippen LogP contribution in [0.5, 0.6) is 5.75 Å². The fourth-order valence-corrected chi connectivity index (χ4v) is 3.66. The normalized spacial score (nSPS) is 14.5. The molecule has 1 aliphatic rings. The molecule has 1 aromatic carbocycles. The summed E-state index contributed by atoms with van der Waals surface area (Å²) in [5.41, 5.74) is 2.63. The third kappa shape index (κ3) is 5.02. The Hall–Kier alpha value is -3.42. The van der Waals surface area contributed by atoms with Gasteiger partial charge in [-0.3, -0.25) is 9.78 Å². The average molecular weight is 421 g/mol. The van der Waals surface area contributed by atoms with Gasteiger partial charge in [-0.05, 0) is 56.9 Å². The molecule has 162 valence electrons. The maximum absolute atomic E-state index is 12.3. The number of ether oxygens (including phenoxy) is 1. The SMILES string of the molecule is CCOc1ccc(Nc2nc(-c3cnc(N4CCC(C)CC4)nc3C)cc(=O)[nH]2)cc1. The third-order valence-corrected chi connectivity index (χ3v) is 5.48. The maximum atomic E-state index is 12.3. The van der Waals surface area contributed by atoms with E-state index in [1.807, 2.05) is 38.1 Å². The van der Waals surface area contributed by atoms with Crippen LogP contribution in [0.1, 0.15) is 32.4 Å². The standard InChI is InChI=1S/C23H28N6O2/c1-4-31-18-7-5-17(6-8-18)26-22-27-20(13-21(30)28-22)19-14-24-23(25-16(19)3)29-11-9-15(2)10-12-29/h5-8,13-15H,4,9-12H2,1-3H3,(H2,26,27,28,30). The highest BCUT2D eigenvalue weighted by molar-refractivity contribution is 5.64. The van der Waals surface area contributed by atoms with E-state index in [0.717, 1.165) is 60.5 Å². The Bertz CT molecular complexity index is 1090. The van der Waals surface area contributed by atoms with Gasteiger partial charge in [-0.2, -0.15) is 0 Å². The molecule has 0 radical (unpaired) electrons. The summed E-state index contributed by atoms with van der Waals surface area (Å²) < 4.78 is 5.46. The van der Waals surface area contributed by atoms with Crippen LogP contribution >= 0.6 is 0 Å². The molecular weight excluding hydrogens is 392 g/mol. The molecule has 31 heavy (non-hydrogen) atoms. The van der Waals surface area contributed by atoms with E-state index in [1.165, 1.54) is 6.07 Å². The lowest BCUT2D eigenvalue weighted by molar-refractivity contribution is 0.340. The van der Waals surface area contributed by atoms with Crippen molar-refractivity contribution in [2.75, 3.05) is 29.9 Å². The van der Waals surface area contributed by atoms with Gasteiger partial charge in [0.1, 0.15) is 5.75 Å². The number of aromatic amines is 1. The van der Waals surface area contributed by atoms with E-state index < -0.39 is 0 Å². The van der Waals surface area contributed by atoms with Crippen molar-refractivity contribution in [3.63, 3.8) is 0 Å². The van der Waals surface area contributed by atoms with E-state index >= 15 is 0 Å². The number of nitrogens with zero attached hydrogens (tertiary/aromatic N) is 4. The van der Waals surface area contributed by atoms with E-state index in [4.69, 9.17) is 9.72 Å². The Morgan fingerprint density at radius 1 is 1.19 bits per heavy atom. The molecule has 3 heterocycles. The molecule has 0 amide bonds. The predicted octanol–water partition coefficient (Wildman–Crippen LogP) is 3.91. The summed E-state index contributed by atoms with van der Waals surface area (Å²) in [7, 11) is 0. The van der Waals surface area contributed by atoms with E-state index in [0.29, 0.717) is 18.2 Å². The van der Waals surface area contributed by atoms with Crippen molar-refractivity contribution in [3.05, 3.63) is 52.6 Å². The predicted molar refractivity (Wildman–Crippen MR) is 122 cm³/mol. The minimum absolute atomic E-state index is 0.244. The first-order valence-electron chi connectivity index (χ1n) is 10.7. The number of hydrogen-bond donors (Lipinski definition) is 2. The number of benzene rings is 1. The van der Waals surface area contributed by atoms with Gasteiger partial charge in [0.05, 0.1) is 18.0 Å². The largest absolute Gasteiger partial charge is 0.494 e. The topological polar surface area (TPSA) is 96.0 Å². The lowest BCUT2D eigenvalue weighted by Gasteiger charge is -2.30. The molecule has 0 unspecified atom stereocenters. The van der Waals surface area contributed by atoms with Gasteiger partial charge in [0.25, 0.3) is 5.56 Å². The van der Waals surface area contributed by atoms with E-state index in [1.54, 1.807) is 6.20 Å². The van der Waals surface area contributed by atoms with Gasteiger partial charge in [0.15, 0.2) is 0 Å². The molecule has 4 rings (SSSR count). The first-order chi connectivity index (χ1) is 15.0.